The van der Waals surface area contributed by atoms with Crippen LogP contribution in [0.4, 0.5) is 0 Å². The van der Waals surface area contributed by atoms with E-state index in [2.05, 4.69) is 38.0 Å². The van der Waals surface area contributed by atoms with Crippen LogP contribution in [0.15, 0.2) is 17.5 Å². The summed E-state index contributed by atoms with van der Waals surface area (Å²) >= 11 is 7.81. The lowest BCUT2D eigenvalue weighted by molar-refractivity contribution is -0.123. The van der Waals surface area contributed by atoms with Crippen molar-refractivity contribution in [1.29, 1.82) is 0 Å². The summed E-state index contributed by atoms with van der Waals surface area (Å²) < 4.78 is 5.74. The number of ether oxygens (including phenoxy) is 1. The Balaban J connectivity index is 1.92. The molecule has 0 saturated carbocycles. The minimum atomic E-state index is -0.165. The fourth-order valence-electron chi connectivity index (χ4n) is 2.30. The molecule has 1 aromatic heterocycles. The smallest absolute Gasteiger partial charge is 0.258 e. The third-order valence-electron chi connectivity index (χ3n) is 3.80. The maximum atomic E-state index is 12.1. The fourth-order valence-corrected chi connectivity index (χ4v) is 3.31. The highest BCUT2D eigenvalue weighted by molar-refractivity contribution is 7.09. The van der Waals surface area contributed by atoms with Crippen LogP contribution in [0.3, 0.4) is 0 Å². The Bertz CT molecular complexity index is 741. The van der Waals surface area contributed by atoms with Crippen LogP contribution in [-0.4, -0.2) is 17.5 Å². The number of nitrogens with zero attached hydrogens (tertiary/aromatic N) is 1. The van der Waals surface area contributed by atoms with Crippen molar-refractivity contribution in [3.8, 4) is 5.75 Å². The van der Waals surface area contributed by atoms with Crippen LogP contribution < -0.4 is 10.1 Å². The molecule has 0 saturated heterocycles. The van der Waals surface area contributed by atoms with Crippen LogP contribution >= 0.6 is 22.9 Å². The number of rotatable bonds is 7. The topological polar surface area (TPSA) is 51.2 Å². The van der Waals surface area contributed by atoms with E-state index in [1.807, 2.05) is 24.4 Å². The summed E-state index contributed by atoms with van der Waals surface area (Å²) in [6.07, 6.45) is 0. The highest BCUT2D eigenvalue weighted by Gasteiger charge is 2.13. The predicted octanol–water partition coefficient (Wildman–Crippen LogP) is 5.05. The zero-order valence-electron chi connectivity index (χ0n) is 15.4. The Morgan fingerprint density at radius 3 is 2.60 bits per heavy atom. The van der Waals surface area contributed by atoms with Gasteiger partial charge in [0.05, 0.1) is 17.2 Å². The largest absolute Gasteiger partial charge is 0.483 e. The van der Waals surface area contributed by atoms with Gasteiger partial charge in [0.1, 0.15) is 5.75 Å². The normalized spacial score (nSPS) is 11.2. The van der Waals surface area contributed by atoms with Crippen molar-refractivity contribution in [2.45, 2.75) is 53.0 Å². The lowest BCUT2D eigenvalue weighted by Crippen LogP contribution is -2.28. The predicted molar refractivity (Wildman–Crippen MR) is 104 cm³/mol. The molecule has 0 radical (unpaired) electrons. The first-order valence-corrected chi connectivity index (χ1v) is 9.67. The van der Waals surface area contributed by atoms with E-state index in [1.54, 1.807) is 11.3 Å². The average Bonchev–Trinajstić information content (AvgIpc) is 3.02. The summed E-state index contributed by atoms with van der Waals surface area (Å²) in [5.41, 5.74) is 2.82. The Hall–Kier alpha value is -1.59. The van der Waals surface area contributed by atoms with Crippen LogP contribution in [-0.2, 0) is 11.3 Å². The van der Waals surface area contributed by atoms with E-state index in [1.165, 1.54) is 0 Å². The second-order valence-corrected chi connectivity index (χ2v) is 7.99. The van der Waals surface area contributed by atoms with Gasteiger partial charge in [0.15, 0.2) is 6.61 Å². The molecule has 2 rings (SSSR count). The Morgan fingerprint density at radius 1 is 1.28 bits per heavy atom. The first-order chi connectivity index (χ1) is 11.8. The van der Waals surface area contributed by atoms with Crippen molar-refractivity contribution >= 4 is 28.8 Å². The third kappa shape index (κ3) is 5.44. The van der Waals surface area contributed by atoms with Crippen molar-refractivity contribution in [3.63, 3.8) is 0 Å². The summed E-state index contributed by atoms with van der Waals surface area (Å²) in [4.78, 5) is 16.6. The molecular weight excluding hydrogens is 356 g/mol. The van der Waals surface area contributed by atoms with E-state index in [9.17, 15) is 4.79 Å². The second kappa shape index (κ2) is 8.68. The van der Waals surface area contributed by atoms with E-state index in [4.69, 9.17) is 16.3 Å². The summed E-state index contributed by atoms with van der Waals surface area (Å²) in [7, 11) is 0. The second-order valence-electron chi connectivity index (χ2n) is 6.69. The number of nitrogens with one attached hydrogen (secondary N) is 1. The molecule has 0 atom stereocenters. The van der Waals surface area contributed by atoms with Gasteiger partial charge >= 0.3 is 0 Å². The number of carbonyl (C=O) groups is 1. The molecule has 0 aliphatic heterocycles. The number of amides is 1. The standard InChI is InChI=1S/C19H25ClN2O2S/c1-11(2)15-7-16(20)13(5)6-17(15)24-9-18(23)21-8-14-10-25-19(22-14)12(3)4/h6-7,10-12H,8-9H2,1-5H3,(H,21,23). The Morgan fingerprint density at radius 2 is 2.00 bits per heavy atom. The molecule has 1 N–H and O–H groups in total. The number of thiazole rings is 1. The minimum absolute atomic E-state index is 0.0258. The summed E-state index contributed by atoms with van der Waals surface area (Å²) in [5, 5.41) is 6.63. The molecular formula is C19H25ClN2O2S. The number of hydrogen-bond donors (Lipinski definition) is 1. The third-order valence-corrected chi connectivity index (χ3v) is 5.40. The number of benzene rings is 1. The quantitative estimate of drug-likeness (QED) is 0.731. The number of aryl methyl sites for hydroxylation is 1. The van der Waals surface area contributed by atoms with Crippen LogP contribution in [0.2, 0.25) is 5.02 Å². The zero-order chi connectivity index (χ0) is 18.6. The number of aromatic nitrogens is 1. The van der Waals surface area contributed by atoms with Crippen LogP contribution in [0.25, 0.3) is 0 Å². The SMILES string of the molecule is Cc1cc(OCC(=O)NCc2csc(C(C)C)n2)c(C(C)C)cc1Cl. The van der Waals surface area contributed by atoms with Gasteiger partial charge in [-0.3, -0.25) is 4.79 Å². The van der Waals surface area contributed by atoms with E-state index < -0.39 is 0 Å². The maximum absolute atomic E-state index is 12.1. The summed E-state index contributed by atoms with van der Waals surface area (Å²) in [6, 6.07) is 3.80. The highest BCUT2D eigenvalue weighted by atomic mass is 35.5. The molecule has 1 aromatic carbocycles. The Labute approximate surface area is 158 Å². The van der Waals surface area contributed by atoms with Crippen molar-refractivity contribution in [1.82, 2.24) is 10.3 Å². The van der Waals surface area contributed by atoms with Gasteiger partial charge in [-0.15, -0.1) is 11.3 Å². The van der Waals surface area contributed by atoms with Gasteiger partial charge < -0.3 is 10.1 Å². The van der Waals surface area contributed by atoms with Gasteiger partial charge in [0.2, 0.25) is 0 Å². The molecule has 1 amide bonds. The average molecular weight is 381 g/mol. The van der Waals surface area contributed by atoms with Gasteiger partial charge in [0.25, 0.3) is 5.91 Å². The molecule has 4 nitrogen and oxygen atoms in total. The lowest BCUT2D eigenvalue weighted by atomic mass is 10.0. The number of halogens is 1. The van der Waals surface area contributed by atoms with Crippen LogP contribution in [0.5, 0.6) is 5.75 Å². The molecule has 25 heavy (non-hydrogen) atoms. The molecule has 0 spiro atoms. The maximum Gasteiger partial charge on any atom is 0.258 e. The molecule has 0 aliphatic rings. The van der Waals surface area contributed by atoms with Crippen LogP contribution in [0.1, 0.15) is 61.4 Å². The van der Waals surface area contributed by atoms with Gasteiger partial charge in [-0.25, -0.2) is 4.98 Å². The molecule has 0 unspecified atom stereocenters. The van der Waals surface area contributed by atoms with E-state index in [0.717, 1.165) is 21.8 Å². The zero-order valence-corrected chi connectivity index (χ0v) is 16.9. The van der Waals surface area contributed by atoms with Crippen molar-refractivity contribution in [2.75, 3.05) is 6.61 Å². The molecule has 136 valence electrons. The van der Waals surface area contributed by atoms with Crippen molar-refractivity contribution < 1.29 is 9.53 Å². The van der Waals surface area contributed by atoms with E-state index in [-0.39, 0.29) is 18.4 Å². The molecule has 6 heteroatoms. The Kier molecular flexibility index (Phi) is 6.85. The molecule has 0 bridgehead atoms. The fraction of sp³-hybridized carbons (Fsp3) is 0.474. The van der Waals surface area contributed by atoms with Gasteiger partial charge in [-0.05, 0) is 36.1 Å². The minimum Gasteiger partial charge on any atom is -0.483 e. The monoisotopic (exact) mass is 380 g/mol. The number of hydrogen-bond acceptors (Lipinski definition) is 4. The first kappa shape index (κ1) is 19.7. The molecule has 0 fully saturated rings. The van der Waals surface area contributed by atoms with E-state index >= 15 is 0 Å². The van der Waals surface area contributed by atoms with Gasteiger partial charge in [-0.1, -0.05) is 39.3 Å². The van der Waals surface area contributed by atoms with Gasteiger partial charge in [0, 0.05) is 16.3 Å². The first-order valence-electron chi connectivity index (χ1n) is 8.41. The van der Waals surface area contributed by atoms with Crippen molar-refractivity contribution in [3.05, 3.63) is 44.4 Å². The molecule has 0 aliphatic carbocycles. The summed E-state index contributed by atoms with van der Waals surface area (Å²) in [5.74, 6) is 1.21. The molecule has 2 aromatic rings. The lowest BCUT2D eigenvalue weighted by Gasteiger charge is -2.15. The highest BCUT2D eigenvalue weighted by Crippen LogP contribution is 2.31. The number of carbonyl (C=O) groups excluding carboxylic acids is 1. The summed E-state index contributed by atoms with van der Waals surface area (Å²) in [6.45, 7) is 10.7. The molecule has 1 heterocycles. The van der Waals surface area contributed by atoms with E-state index in [0.29, 0.717) is 23.2 Å². The van der Waals surface area contributed by atoms with Crippen molar-refractivity contribution in [2.24, 2.45) is 0 Å². The van der Waals surface area contributed by atoms with Gasteiger partial charge in [-0.2, -0.15) is 0 Å². The van der Waals surface area contributed by atoms with Crippen LogP contribution in [0, 0.1) is 6.92 Å².